The van der Waals surface area contributed by atoms with Crippen LogP contribution in [0.3, 0.4) is 0 Å². The molecule has 1 atom stereocenters. The summed E-state index contributed by atoms with van der Waals surface area (Å²) in [6.07, 6.45) is 0. The van der Waals surface area contributed by atoms with E-state index in [1.54, 1.807) is 42.7 Å². The molecular weight excluding hydrogens is 593 g/mol. The number of hydrogen-bond acceptors (Lipinski definition) is 6. The van der Waals surface area contributed by atoms with Crippen LogP contribution in [0.2, 0.25) is 0 Å². The van der Waals surface area contributed by atoms with Gasteiger partial charge in [0.1, 0.15) is 34.5 Å². The largest absolute Gasteiger partial charge is 0.497 e. The standard InChI is InChI=1S/C39H52O6Si/c1-20-17-30(40-11)37(27(8)33(20)43-14)46(36-25(6)23(4)24(5)26(36)7,38-28(9)34(44-15)21(2)18-31(38)41-12)39-29(10)35(45-16)22(3)19-32(39)42-13/h17-19,25H,1-16H3. The molecule has 0 radical (unpaired) electrons. The summed E-state index contributed by atoms with van der Waals surface area (Å²) in [6.45, 7) is 21.8. The van der Waals surface area contributed by atoms with E-state index in [0.29, 0.717) is 0 Å². The Morgan fingerprint density at radius 2 is 0.761 bits per heavy atom. The Morgan fingerprint density at radius 3 is 0.978 bits per heavy atom. The summed E-state index contributed by atoms with van der Waals surface area (Å²) >= 11 is 0. The Kier molecular flexibility index (Phi) is 9.98. The van der Waals surface area contributed by atoms with E-state index in [9.17, 15) is 0 Å². The van der Waals surface area contributed by atoms with Gasteiger partial charge in [0.2, 0.25) is 0 Å². The van der Waals surface area contributed by atoms with Crippen molar-refractivity contribution in [2.24, 2.45) is 5.92 Å². The van der Waals surface area contributed by atoms with Crippen molar-refractivity contribution in [3.63, 3.8) is 0 Å². The summed E-state index contributed by atoms with van der Waals surface area (Å²) < 4.78 is 37.8. The average Bonchev–Trinajstić information content (AvgIpc) is 3.21. The molecule has 0 spiro atoms. The lowest BCUT2D eigenvalue weighted by Crippen LogP contribution is -2.72. The molecule has 0 fully saturated rings. The molecule has 1 aliphatic carbocycles. The number of benzene rings is 3. The minimum absolute atomic E-state index is 0.121. The van der Waals surface area contributed by atoms with Gasteiger partial charge in [-0.2, -0.15) is 0 Å². The van der Waals surface area contributed by atoms with E-state index >= 15 is 0 Å². The first-order valence-electron chi connectivity index (χ1n) is 15.8. The van der Waals surface area contributed by atoms with E-state index in [0.717, 1.165) is 83.4 Å². The van der Waals surface area contributed by atoms with Crippen LogP contribution in [-0.2, 0) is 0 Å². The SMILES string of the molecule is COc1cc(C)c(OC)c(C)c1[Si](C1=C(C)C(C)=C(C)C1C)(c1c(OC)cc(C)c(OC)c1C)c1c(OC)cc(C)c(OC)c1C. The molecule has 0 aliphatic heterocycles. The van der Waals surface area contributed by atoms with Crippen LogP contribution < -0.4 is 44.0 Å². The summed E-state index contributed by atoms with van der Waals surface area (Å²) in [5, 5.41) is 4.65. The van der Waals surface area contributed by atoms with Gasteiger partial charge in [0.05, 0.1) is 42.7 Å². The van der Waals surface area contributed by atoms with Crippen molar-refractivity contribution in [1.82, 2.24) is 0 Å². The monoisotopic (exact) mass is 644 g/mol. The Hall–Kier alpha value is -3.84. The van der Waals surface area contributed by atoms with E-state index in [1.807, 2.05) is 0 Å². The fourth-order valence-corrected chi connectivity index (χ4v) is 15.2. The second-order valence-electron chi connectivity index (χ2n) is 12.6. The van der Waals surface area contributed by atoms with Crippen molar-refractivity contribution < 1.29 is 28.4 Å². The van der Waals surface area contributed by atoms with Gasteiger partial charge in [-0.3, -0.25) is 0 Å². The van der Waals surface area contributed by atoms with Gasteiger partial charge in [0, 0.05) is 15.6 Å². The second-order valence-corrected chi connectivity index (χ2v) is 16.1. The summed E-state index contributed by atoms with van der Waals surface area (Å²) in [5.74, 6) is 5.05. The van der Waals surface area contributed by atoms with Crippen molar-refractivity contribution in [2.75, 3.05) is 42.7 Å². The van der Waals surface area contributed by atoms with Gasteiger partial charge in [-0.05, 0) is 125 Å². The van der Waals surface area contributed by atoms with Crippen LogP contribution in [0.4, 0.5) is 0 Å². The van der Waals surface area contributed by atoms with E-state index in [4.69, 9.17) is 28.4 Å². The van der Waals surface area contributed by atoms with Gasteiger partial charge in [0.15, 0.2) is 8.07 Å². The van der Waals surface area contributed by atoms with Crippen molar-refractivity contribution in [2.45, 2.75) is 69.2 Å². The average molecular weight is 645 g/mol. The van der Waals surface area contributed by atoms with E-state index in [-0.39, 0.29) is 5.92 Å². The van der Waals surface area contributed by atoms with Crippen LogP contribution in [0.1, 0.15) is 61.1 Å². The van der Waals surface area contributed by atoms with E-state index < -0.39 is 8.07 Å². The lowest BCUT2D eigenvalue weighted by molar-refractivity contribution is 0.398. The first-order valence-corrected chi connectivity index (χ1v) is 17.8. The van der Waals surface area contributed by atoms with Crippen molar-refractivity contribution in [1.29, 1.82) is 0 Å². The van der Waals surface area contributed by atoms with Crippen LogP contribution in [0, 0.1) is 47.5 Å². The minimum atomic E-state index is -3.52. The highest BCUT2D eigenvalue weighted by Gasteiger charge is 2.56. The van der Waals surface area contributed by atoms with Crippen LogP contribution in [0.15, 0.2) is 40.1 Å². The maximum atomic E-state index is 6.43. The zero-order valence-corrected chi connectivity index (χ0v) is 31.8. The summed E-state index contributed by atoms with van der Waals surface area (Å²) in [4.78, 5) is 0. The molecule has 0 bridgehead atoms. The number of aryl methyl sites for hydroxylation is 3. The van der Waals surface area contributed by atoms with Gasteiger partial charge < -0.3 is 28.4 Å². The molecule has 7 heteroatoms. The van der Waals surface area contributed by atoms with Crippen molar-refractivity contribution in [3.8, 4) is 34.5 Å². The van der Waals surface area contributed by atoms with Gasteiger partial charge in [-0.15, -0.1) is 0 Å². The smallest absolute Gasteiger partial charge is 0.190 e. The fraction of sp³-hybridized carbons (Fsp3) is 0.436. The fourth-order valence-electron chi connectivity index (χ4n) is 8.36. The molecule has 0 amide bonds. The van der Waals surface area contributed by atoms with Crippen LogP contribution >= 0.6 is 0 Å². The Morgan fingerprint density at radius 1 is 0.457 bits per heavy atom. The molecule has 3 aromatic carbocycles. The molecule has 3 aromatic rings. The van der Waals surface area contributed by atoms with Crippen LogP contribution in [-0.4, -0.2) is 50.7 Å². The minimum Gasteiger partial charge on any atom is -0.497 e. The molecule has 0 saturated carbocycles. The maximum Gasteiger partial charge on any atom is 0.190 e. The Labute approximate surface area is 277 Å². The van der Waals surface area contributed by atoms with Gasteiger partial charge in [0.25, 0.3) is 0 Å². The first-order chi connectivity index (χ1) is 21.7. The molecule has 1 aliphatic rings. The zero-order valence-electron chi connectivity index (χ0n) is 30.8. The van der Waals surface area contributed by atoms with E-state index in [1.165, 1.54) is 21.9 Å². The van der Waals surface area contributed by atoms with E-state index in [2.05, 4.69) is 87.4 Å². The highest BCUT2D eigenvalue weighted by atomic mass is 28.3. The Balaban J connectivity index is 2.60. The summed E-state index contributed by atoms with van der Waals surface area (Å²) in [7, 11) is 7.00. The zero-order chi connectivity index (χ0) is 34.4. The molecule has 0 aromatic heterocycles. The number of allylic oxidation sites excluding steroid dienone is 4. The molecular formula is C39H52O6Si. The molecule has 248 valence electrons. The third-order valence-corrected chi connectivity index (χ3v) is 16.2. The van der Waals surface area contributed by atoms with Gasteiger partial charge in [-0.25, -0.2) is 0 Å². The molecule has 6 nitrogen and oxygen atoms in total. The predicted molar refractivity (Wildman–Crippen MR) is 192 cm³/mol. The molecule has 46 heavy (non-hydrogen) atoms. The van der Waals surface area contributed by atoms with Crippen molar-refractivity contribution >= 4 is 23.6 Å². The lowest BCUT2D eigenvalue weighted by Gasteiger charge is -2.43. The topological polar surface area (TPSA) is 55.4 Å². The normalized spacial score (nSPS) is 15.0. The molecule has 0 N–H and O–H groups in total. The molecule has 1 unspecified atom stereocenters. The van der Waals surface area contributed by atoms with Crippen LogP contribution in [0.5, 0.6) is 34.5 Å². The highest BCUT2D eigenvalue weighted by molar-refractivity contribution is 7.18. The quantitative estimate of drug-likeness (QED) is 0.177. The highest BCUT2D eigenvalue weighted by Crippen LogP contribution is 2.47. The number of rotatable bonds is 10. The predicted octanol–water partition coefficient (Wildman–Crippen LogP) is 6.90. The van der Waals surface area contributed by atoms with Gasteiger partial charge in [-0.1, -0.05) is 23.3 Å². The third kappa shape index (κ3) is 4.89. The third-order valence-electron chi connectivity index (χ3n) is 10.4. The van der Waals surface area contributed by atoms with Crippen LogP contribution in [0.25, 0.3) is 0 Å². The number of methoxy groups -OCH3 is 6. The van der Waals surface area contributed by atoms with Gasteiger partial charge >= 0.3 is 0 Å². The Bertz CT molecular complexity index is 1600. The van der Waals surface area contributed by atoms with Crippen molar-refractivity contribution in [3.05, 3.63) is 73.5 Å². The number of hydrogen-bond donors (Lipinski definition) is 0. The molecule has 0 heterocycles. The second kappa shape index (κ2) is 13.1. The summed E-state index contributed by atoms with van der Waals surface area (Å²) in [6, 6.07) is 6.35. The lowest BCUT2D eigenvalue weighted by atomic mass is 10.1. The maximum absolute atomic E-state index is 6.43. The number of ether oxygens (including phenoxy) is 6. The molecule has 4 rings (SSSR count). The molecule has 0 saturated heterocycles. The first kappa shape index (κ1) is 35.0. The summed E-state index contributed by atoms with van der Waals surface area (Å²) in [5.41, 5.74) is 10.1.